The fourth-order valence-corrected chi connectivity index (χ4v) is 3.59. The molecule has 3 aromatic rings. The number of phenolic OH excluding ortho intramolecular Hbond substituents is 1. The van der Waals surface area contributed by atoms with E-state index in [1.807, 2.05) is 24.3 Å². The van der Waals surface area contributed by atoms with E-state index in [0.717, 1.165) is 24.3 Å². The molecule has 1 fully saturated rings. The van der Waals surface area contributed by atoms with Gasteiger partial charge in [0.2, 0.25) is 5.88 Å². The second-order valence-electron chi connectivity index (χ2n) is 6.87. The van der Waals surface area contributed by atoms with Crippen LogP contribution in [0, 0.1) is 5.92 Å². The zero-order valence-electron chi connectivity index (χ0n) is 14.5. The highest BCUT2D eigenvalue weighted by Gasteiger charge is 2.25. The summed E-state index contributed by atoms with van der Waals surface area (Å²) in [4.78, 5) is 16.8. The number of carbonyl (C=O) groups excluding carboxylic acids is 1. The van der Waals surface area contributed by atoms with Crippen molar-refractivity contribution in [1.29, 1.82) is 0 Å². The standard InChI is InChI=1S/C20H21N3O3/c1-11(24)19-16-6-15(18(25)7-17(16)22-20(19)26)13-2-4-14(5-3-13)23-9-12(8-21)10-23/h2-7,12,22,25-26H,8-10,21H2,1H3. The Morgan fingerprint density at radius 1 is 1.23 bits per heavy atom. The van der Waals surface area contributed by atoms with E-state index in [1.165, 1.54) is 13.0 Å². The topological polar surface area (TPSA) is 103 Å². The van der Waals surface area contributed by atoms with Gasteiger partial charge >= 0.3 is 0 Å². The largest absolute Gasteiger partial charge is 0.507 e. The van der Waals surface area contributed by atoms with Crippen molar-refractivity contribution in [1.82, 2.24) is 4.98 Å². The number of aromatic hydroxyl groups is 2. The number of carbonyl (C=O) groups is 1. The molecule has 0 saturated carbocycles. The number of nitrogens with one attached hydrogen (secondary N) is 1. The van der Waals surface area contributed by atoms with E-state index < -0.39 is 0 Å². The van der Waals surface area contributed by atoms with Gasteiger partial charge in [0.15, 0.2) is 5.78 Å². The molecule has 0 bridgehead atoms. The summed E-state index contributed by atoms with van der Waals surface area (Å²) in [6.45, 7) is 4.06. The Labute approximate surface area is 150 Å². The quantitative estimate of drug-likeness (QED) is 0.541. The Hall–Kier alpha value is -2.99. The molecule has 6 heteroatoms. The van der Waals surface area contributed by atoms with Crippen molar-refractivity contribution in [3.63, 3.8) is 0 Å². The van der Waals surface area contributed by atoms with Gasteiger partial charge in [0, 0.05) is 41.7 Å². The lowest BCUT2D eigenvalue weighted by Gasteiger charge is -2.40. The number of anilines is 1. The van der Waals surface area contributed by atoms with Gasteiger partial charge in [0.05, 0.1) is 11.1 Å². The maximum atomic E-state index is 11.8. The van der Waals surface area contributed by atoms with Gasteiger partial charge in [-0.15, -0.1) is 0 Å². The molecule has 2 heterocycles. The molecule has 0 aliphatic carbocycles. The zero-order valence-corrected chi connectivity index (χ0v) is 14.5. The number of phenols is 1. The van der Waals surface area contributed by atoms with E-state index in [9.17, 15) is 15.0 Å². The summed E-state index contributed by atoms with van der Waals surface area (Å²) in [5.41, 5.74) is 9.03. The van der Waals surface area contributed by atoms with Gasteiger partial charge in [-0.3, -0.25) is 4.79 Å². The van der Waals surface area contributed by atoms with Crippen LogP contribution in [0.5, 0.6) is 11.6 Å². The minimum absolute atomic E-state index is 0.0914. The summed E-state index contributed by atoms with van der Waals surface area (Å²) in [7, 11) is 0. The van der Waals surface area contributed by atoms with E-state index in [0.29, 0.717) is 28.9 Å². The number of H-pyrrole nitrogens is 1. The van der Waals surface area contributed by atoms with E-state index in [4.69, 9.17) is 5.73 Å². The lowest BCUT2D eigenvalue weighted by atomic mass is 9.97. The molecule has 5 N–H and O–H groups in total. The Morgan fingerprint density at radius 2 is 1.92 bits per heavy atom. The average molecular weight is 351 g/mol. The molecule has 0 spiro atoms. The number of nitrogens with two attached hydrogens (primary N) is 1. The average Bonchev–Trinajstić information content (AvgIpc) is 2.88. The van der Waals surface area contributed by atoms with Crippen molar-refractivity contribution >= 4 is 22.4 Å². The first-order chi connectivity index (χ1) is 12.5. The first-order valence-electron chi connectivity index (χ1n) is 8.62. The first-order valence-corrected chi connectivity index (χ1v) is 8.62. The van der Waals surface area contributed by atoms with Crippen LogP contribution in [0.2, 0.25) is 0 Å². The predicted octanol–water partition coefficient (Wildman–Crippen LogP) is 2.84. The van der Waals surface area contributed by atoms with Crippen LogP contribution in [0.4, 0.5) is 5.69 Å². The van der Waals surface area contributed by atoms with Crippen molar-refractivity contribution in [2.45, 2.75) is 6.92 Å². The van der Waals surface area contributed by atoms with Gasteiger partial charge < -0.3 is 25.8 Å². The van der Waals surface area contributed by atoms with Crippen molar-refractivity contribution < 1.29 is 15.0 Å². The zero-order chi connectivity index (χ0) is 18.4. The van der Waals surface area contributed by atoms with Crippen LogP contribution >= 0.6 is 0 Å². The number of ketones is 1. The van der Waals surface area contributed by atoms with Crippen molar-refractivity contribution in [2.24, 2.45) is 11.7 Å². The van der Waals surface area contributed by atoms with Crippen LogP contribution in [0.1, 0.15) is 17.3 Å². The van der Waals surface area contributed by atoms with Gasteiger partial charge in [0.25, 0.3) is 0 Å². The van der Waals surface area contributed by atoms with E-state index >= 15 is 0 Å². The molecule has 4 rings (SSSR count). The number of aromatic amines is 1. The number of fused-ring (bicyclic) bond motifs is 1. The molecule has 0 radical (unpaired) electrons. The summed E-state index contributed by atoms with van der Waals surface area (Å²) in [5.74, 6) is 0.251. The fourth-order valence-electron chi connectivity index (χ4n) is 3.59. The number of nitrogens with zero attached hydrogens (tertiary/aromatic N) is 1. The Morgan fingerprint density at radius 3 is 2.54 bits per heavy atom. The summed E-state index contributed by atoms with van der Waals surface area (Å²) in [6.07, 6.45) is 0. The molecule has 1 saturated heterocycles. The molecule has 6 nitrogen and oxygen atoms in total. The molecule has 0 amide bonds. The van der Waals surface area contributed by atoms with Crippen LogP contribution in [0.25, 0.3) is 22.0 Å². The molecular weight excluding hydrogens is 330 g/mol. The molecule has 134 valence electrons. The molecular formula is C20H21N3O3. The van der Waals surface area contributed by atoms with Crippen molar-refractivity contribution in [3.8, 4) is 22.8 Å². The highest BCUT2D eigenvalue weighted by Crippen LogP contribution is 2.38. The third-order valence-corrected chi connectivity index (χ3v) is 5.08. The van der Waals surface area contributed by atoms with E-state index in [2.05, 4.69) is 9.88 Å². The predicted molar refractivity (Wildman–Crippen MR) is 102 cm³/mol. The molecule has 0 atom stereocenters. The Balaban J connectivity index is 1.71. The van der Waals surface area contributed by atoms with Crippen LogP contribution in [-0.2, 0) is 0 Å². The Bertz CT molecular complexity index is 986. The lowest BCUT2D eigenvalue weighted by molar-refractivity contribution is 0.101. The maximum absolute atomic E-state index is 11.8. The minimum atomic E-state index is -0.229. The molecule has 2 aromatic carbocycles. The summed E-state index contributed by atoms with van der Waals surface area (Å²) in [6, 6.07) is 11.2. The van der Waals surface area contributed by atoms with E-state index in [-0.39, 0.29) is 23.0 Å². The van der Waals surface area contributed by atoms with Crippen LogP contribution in [0.3, 0.4) is 0 Å². The lowest BCUT2D eigenvalue weighted by Crippen LogP contribution is -2.49. The van der Waals surface area contributed by atoms with Gasteiger partial charge in [-0.05, 0) is 37.2 Å². The third-order valence-electron chi connectivity index (χ3n) is 5.08. The second kappa shape index (κ2) is 6.07. The summed E-state index contributed by atoms with van der Waals surface area (Å²) in [5, 5.41) is 20.9. The number of hydrogen-bond acceptors (Lipinski definition) is 5. The molecule has 1 aliphatic heterocycles. The first kappa shape index (κ1) is 16.5. The van der Waals surface area contributed by atoms with Gasteiger partial charge in [-0.2, -0.15) is 0 Å². The molecule has 1 aromatic heterocycles. The van der Waals surface area contributed by atoms with Gasteiger partial charge in [-0.1, -0.05) is 12.1 Å². The summed E-state index contributed by atoms with van der Waals surface area (Å²) < 4.78 is 0. The van der Waals surface area contributed by atoms with Crippen molar-refractivity contribution in [2.75, 3.05) is 24.5 Å². The number of benzene rings is 2. The highest BCUT2D eigenvalue weighted by atomic mass is 16.3. The smallest absolute Gasteiger partial charge is 0.200 e. The van der Waals surface area contributed by atoms with Crippen LogP contribution in [0.15, 0.2) is 36.4 Å². The second-order valence-corrected chi connectivity index (χ2v) is 6.87. The Kier molecular flexibility index (Phi) is 3.85. The van der Waals surface area contributed by atoms with E-state index in [1.54, 1.807) is 6.07 Å². The third kappa shape index (κ3) is 2.59. The molecule has 26 heavy (non-hydrogen) atoms. The van der Waals surface area contributed by atoms with Crippen LogP contribution in [-0.4, -0.2) is 40.6 Å². The molecule has 0 unspecified atom stereocenters. The number of aromatic nitrogens is 1. The van der Waals surface area contributed by atoms with Crippen LogP contribution < -0.4 is 10.6 Å². The summed E-state index contributed by atoms with van der Waals surface area (Å²) >= 11 is 0. The van der Waals surface area contributed by atoms with Crippen molar-refractivity contribution in [3.05, 3.63) is 42.0 Å². The normalized spacial score (nSPS) is 14.6. The monoisotopic (exact) mass is 351 g/mol. The van der Waals surface area contributed by atoms with Gasteiger partial charge in [-0.25, -0.2) is 0 Å². The maximum Gasteiger partial charge on any atom is 0.200 e. The molecule has 1 aliphatic rings. The minimum Gasteiger partial charge on any atom is -0.507 e. The fraction of sp³-hybridized carbons (Fsp3) is 0.250. The number of Topliss-reactive ketones (excluding diaryl/α,β-unsaturated/α-hetero) is 1. The van der Waals surface area contributed by atoms with Gasteiger partial charge in [0.1, 0.15) is 5.75 Å². The highest BCUT2D eigenvalue weighted by molar-refractivity contribution is 6.10. The number of rotatable bonds is 4. The SMILES string of the molecule is CC(=O)c1c(O)[nH]c2cc(O)c(-c3ccc(N4CC(CN)C4)cc3)cc12. The number of hydrogen-bond donors (Lipinski definition) is 4.